The summed E-state index contributed by atoms with van der Waals surface area (Å²) >= 11 is 0. The van der Waals surface area contributed by atoms with Gasteiger partial charge in [0.2, 0.25) is 0 Å². The molecule has 0 bridgehead atoms. The summed E-state index contributed by atoms with van der Waals surface area (Å²) in [5, 5.41) is 5.30. The Bertz CT molecular complexity index is 891. The highest BCUT2D eigenvalue weighted by Crippen LogP contribution is 2.16. The number of hydrogen-bond donors (Lipinski definition) is 2. The maximum Gasteiger partial charge on any atom is 0.325 e. The van der Waals surface area contributed by atoms with E-state index < -0.39 is 11.9 Å². The molecular formula is C22H25N3O4. The predicted octanol–water partition coefficient (Wildman–Crippen LogP) is 2.44. The lowest BCUT2D eigenvalue weighted by molar-refractivity contribution is -0.139. The first-order valence-electron chi connectivity index (χ1n) is 9.63. The van der Waals surface area contributed by atoms with Crippen LogP contribution in [0.3, 0.4) is 0 Å². The summed E-state index contributed by atoms with van der Waals surface area (Å²) in [7, 11) is 1.25. The van der Waals surface area contributed by atoms with Crippen molar-refractivity contribution in [3.63, 3.8) is 0 Å². The largest absolute Gasteiger partial charge is 0.468 e. The number of nitrogens with zero attached hydrogens (tertiary/aromatic N) is 1. The first kappa shape index (κ1) is 20.5. The van der Waals surface area contributed by atoms with Crippen molar-refractivity contribution in [3.05, 3.63) is 65.2 Å². The molecule has 7 nitrogen and oxygen atoms in total. The molecule has 0 atom stereocenters. The van der Waals surface area contributed by atoms with Gasteiger partial charge in [-0.15, -0.1) is 0 Å². The van der Waals surface area contributed by atoms with Gasteiger partial charge in [0.25, 0.3) is 11.8 Å². The third-order valence-corrected chi connectivity index (χ3v) is 4.80. The number of nitrogens with one attached hydrogen (secondary N) is 2. The van der Waals surface area contributed by atoms with Crippen molar-refractivity contribution in [3.8, 4) is 0 Å². The van der Waals surface area contributed by atoms with Crippen molar-refractivity contribution in [2.45, 2.75) is 19.4 Å². The molecule has 1 heterocycles. The zero-order chi connectivity index (χ0) is 20.6. The third kappa shape index (κ3) is 5.89. The van der Waals surface area contributed by atoms with Crippen LogP contribution in [0.25, 0.3) is 0 Å². The second-order valence-electron chi connectivity index (χ2n) is 6.98. The molecule has 29 heavy (non-hydrogen) atoms. The third-order valence-electron chi connectivity index (χ3n) is 4.80. The SMILES string of the molecule is COC(=O)CNC(=O)c1cccc(NC(=O)c2cccc(CN3CCCC3)c2)c1. The minimum Gasteiger partial charge on any atom is -0.468 e. The highest BCUT2D eigenvalue weighted by Gasteiger charge is 2.14. The number of amides is 2. The standard InChI is InChI=1S/C22H25N3O4/c1-29-20(26)14-23-21(27)18-8-5-9-19(13-18)24-22(28)17-7-4-6-16(12-17)15-25-10-2-3-11-25/h4-9,12-13H,2-3,10-11,14-15H2,1H3,(H,23,27)(H,24,28). The minimum absolute atomic E-state index is 0.213. The van der Waals surface area contributed by atoms with Crippen LogP contribution < -0.4 is 10.6 Å². The molecule has 1 aliphatic heterocycles. The van der Waals surface area contributed by atoms with Gasteiger partial charge >= 0.3 is 5.97 Å². The summed E-state index contributed by atoms with van der Waals surface area (Å²) < 4.78 is 4.50. The van der Waals surface area contributed by atoms with E-state index in [-0.39, 0.29) is 12.5 Å². The van der Waals surface area contributed by atoms with Gasteiger partial charge in [-0.3, -0.25) is 19.3 Å². The van der Waals surface area contributed by atoms with E-state index in [9.17, 15) is 14.4 Å². The maximum atomic E-state index is 12.7. The number of anilines is 1. The van der Waals surface area contributed by atoms with E-state index in [2.05, 4.69) is 20.3 Å². The molecule has 0 aromatic heterocycles. The summed E-state index contributed by atoms with van der Waals surface area (Å²) in [6, 6.07) is 14.2. The topological polar surface area (TPSA) is 87.7 Å². The zero-order valence-electron chi connectivity index (χ0n) is 16.4. The maximum absolute atomic E-state index is 12.7. The fourth-order valence-corrected chi connectivity index (χ4v) is 3.28. The molecule has 0 spiro atoms. The number of esters is 1. The molecule has 2 aromatic rings. The number of hydrogen-bond acceptors (Lipinski definition) is 5. The molecule has 0 saturated carbocycles. The van der Waals surface area contributed by atoms with E-state index in [1.807, 2.05) is 18.2 Å². The van der Waals surface area contributed by atoms with Crippen molar-refractivity contribution in [1.82, 2.24) is 10.2 Å². The highest BCUT2D eigenvalue weighted by molar-refractivity contribution is 6.05. The first-order valence-corrected chi connectivity index (χ1v) is 9.63. The molecule has 2 amide bonds. The van der Waals surface area contributed by atoms with Gasteiger partial charge in [0, 0.05) is 23.4 Å². The summed E-state index contributed by atoms with van der Waals surface area (Å²) in [6.07, 6.45) is 2.45. The minimum atomic E-state index is -0.531. The fraction of sp³-hybridized carbons (Fsp3) is 0.318. The monoisotopic (exact) mass is 395 g/mol. The Morgan fingerprint density at radius 2 is 1.66 bits per heavy atom. The van der Waals surface area contributed by atoms with Crippen LogP contribution in [0.4, 0.5) is 5.69 Å². The van der Waals surface area contributed by atoms with Crippen molar-refractivity contribution >= 4 is 23.5 Å². The molecule has 1 aliphatic rings. The quantitative estimate of drug-likeness (QED) is 0.703. The van der Waals surface area contributed by atoms with Crippen molar-refractivity contribution in [1.29, 1.82) is 0 Å². The molecule has 2 N–H and O–H groups in total. The van der Waals surface area contributed by atoms with Gasteiger partial charge in [0.1, 0.15) is 6.54 Å². The molecule has 0 unspecified atom stereocenters. The van der Waals surface area contributed by atoms with E-state index >= 15 is 0 Å². The molecule has 2 aromatic carbocycles. The Morgan fingerprint density at radius 3 is 2.38 bits per heavy atom. The van der Waals surface area contributed by atoms with Crippen LogP contribution in [0.5, 0.6) is 0 Å². The summed E-state index contributed by atoms with van der Waals surface area (Å²) in [5.74, 6) is -1.18. The molecule has 0 aliphatic carbocycles. The molecule has 0 radical (unpaired) electrons. The number of carbonyl (C=O) groups is 3. The van der Waals surface area contributed by atoms with Crippen molar-refractivity contribution < 1.29 is 19.1 Å². The second kappa shape index (κ2) is 9.84. The normalized spacial score (nSPS) is 13.7. The van der Waals surface area contributed by atoms with Gasteiger partial charge in [0.05, 0.1) is 7.11 Å². The van der Waals surface area contributed by atoms with E-state index in [0.29, 0.717) is 16.8 Å². The van der Waals surface area contributed by atoms with Crippen LogP contribution in [0.1, 0.15) is 39.1 Å². The van der Waals surface area contributed by atoms with Gasteiger partial charge in [-0.2, -0.15) is 0 Å². The summed E-state index contributed by atoms with van der Waals surface area (Å²) in [4.78, 5) is 38.3. The Morgan fingerprint density at radius 1 is 0.966 bits per heavy atom. The molecule has 1 fully saturated rings. The smallest absolute Gasteiger partial charge is 0.325 e. The number of methoxy groups -OCH3 is 1. The Labute approximate surface area is 170 Å². The number of rotatable bonds is 7. The molecule has 3 rings (SSSR count). The molecule has 7 heteroatoms. The van der Waals surface area contributed by atoms with Gasteiger partial charge in [-0.1, -0.05) is 18.2 Å². The van der Waals surface area contributed by atoms with Crippen LogP contribution in [0.15, 0.2) is 48.5 Å². The second-order valence-corrected chi connectivity index (χ2v) is 6.98. The van der Waals surface area contributed by atoms with Crippen LogP contribution in [0, 0.1) is 0 Å². The zero-order valence-corrected chi connectivity index (χ0v) is 16.4. The number of likely N-dealkylation sites (tertiary alicyclic amines) is 1. The lowest BCUT2D eigenvalue weighted by Gasteiger charge is -2.15. The van der Waals surface area contributed by atoms with Gasteiger partial charge in [-0.05, 0) is 61.8 Å². The van der Waals surface area contributed by atoms with E-state index in [1.54, 1.807) is 30.3 Å². The fourth-order valence-electron chi connectivity index (χ4n) is 3.28. The summed E-state index contributed by atoms with van der Waals surface area (Å²) in [6.45, 7) is 2.83. The average Bonchev–Trinajstić information content (AvgIpc) is 3.25. The highest BCUT2D eigenvalue weighted by atomic mass is 16.5. The molecular weight excluding hydrogens is 370 g/mol. The van der Waals surface area contributed by atoms with Crippen LogP contribution in [0.2, 0.25) is 0 Å². The number of carbonyl (C=O) groups excluding carboxylic acids is 3. The van der Waals surface area contributed by atoms with E-state index in [1.165, 1.54) is 20.0 Å². The van der Waals surface area contributed by atoms with Crippen LogP contribution in [-0.4, -0.2) is 49.4 Å². The van der Waals surface area contributed by atoms with E-state index in [4.69, 9.17) is 0 Å². The Hall–Kier alpha value is -3.19. The lowest BCUT2D eigenvalue weighted by atomic mass is 10.1. The van der Waals surface area contributed by atoms with Gasteiger partial charge < -0.3 is 15.4 Å². The Balaban J connectivity index is 1.63. The van der Waals surface area contributed by atoms with Gasteiger partial charge in [-0.25, -0.2) is 0 Å². The van der Waals surface area contributed by atoms with Gasteiger partial charge in [0.15, 0.2) is 0 Å². The van der Waals surface area contributed by atoms with Crippen molar-refractivity contribution in [2.24, 2.45) is 0 Å². The van der Waals surface area contributed by atoms with Crippen LogP contribution >= 0.6 is 0 Å². The Kier molecular flexibility index (Phi) is 6.97. The number of ether oxygens (including phenoxy) is 1. The number of benzene rings is 2. The predicted molar refractivity (Wildman–Crippen MR) is 110 cm³/mol. The summed E-state index contributed by atoms with van der Waals surface area (Å²) in [5.41, 5.74) is 2.53. The first-order chi connectivity index (χ1) is 14.0. The molecule has 152 valence electrons. The lowest BCUT2D eigenvalue weighted by Crippen LogP contribution is -2.30. The van der Waals surface area contributed by atoms with E-state index in [0.717, 1.165) is 25.2 Å². The van der Waals surface area contributed by atoms with Crippen molar-refractivity contribution in [2.75, 3.05) is 32.1 Å². The van der Waals surface area contributed by atoms with Crippen LogP contribution in [-0.2, 0) is 16.1 Å². The average molecular weight is 395 g/mol. The molecule has 1 saturated heterocycles.